The van der Waals surface area contributed by atoms with Crippen molar-refractivity contribution in [3.8, 4) is 6.07 Å². The van der Waals surface area contributed by atoms with Gasteiger partial charge in [-0.25, -0.2) is 0 Å². The summed E-state index contributed by atoms with van der Waals surface area (Å²) >= 11 is 0. The minimum absolute atomic E-state index is 0.160. The van der Waals surface area contributed by atoms with Gasteiger partial charge in [0.1, 0.15) is 11.6 Å². The Kier molecular flexibility index (Phi) is 5.21. The fraction of sp³-hybridized carbons (Fsp3) is 0.444. The maximum Gasteiger partial charge on any atom is 0.266 e. The number of nitriles is 1. The van der Waals surface area contributed by atoms with E-state index in [2.05, 4.69) is 19.2 Å². The van der Waals surface area contributed by atoms with Gasteiger partial charge in [0.15, 0.2) is 0 Å². The number of carbonyl (C=O) groups is 1. The Hall–Kier alpha value is -2.28. The molecule has 0 unspecified atom stereocenters. The summed E-state index contributed by atoms with van der Waals surface area (Å²) in [6.07, 6.45) is 3.54. The molecule has 1 amide bonds. The van der Waals surface area contributed by atoms with Crippen molar-refractivity contribution in [2.24, 2.45) is 5.92 Å². The molecule has 1 saturated heterocycles. The van der Waals surface area contributed by atoms with Gasteiger partial charge in [-0.1, -0.05) is 13.0 Å². The summed E-state index contributed by atoms with van der Waals surface area (Å²) in [5, 5.41) is 12.3. The molecule has 0 aromatic heterocycles. The van der Waals surface area contributed by atoms with Gasteiger partial charge in [0.2, 0.25) is 0 Å². The molecule has 1 aromatic carbocycles. The van der Waals surface area contributed by atoms with Crippen molar-refractivity contribution < 1.29 is 4.79 Å². The van der Waals surface area contributed by atoms with Crippen LogP contribution in [0.3, 0.4) is 0 Å². The van der Waals surface area contributed by atoms with Crippen molar-refractivity contribution in [1.82, 2.24) is 4.90 Å². The van der Waals surface area contributed by atoms with Crippen molar-refractivity contribution in [2.45, 2.75) is 33.6 Å². The van der Waals surface area contributed by atoms with Gasteiger partial charge >= 0.3 is 0 Å². The van der Waals surface area contributed by atoms with E-state index in [0.29, 0.717) is 5.92 Å². The van der Waals surface area contributed by atoms with Crippen LogP contribution in [0.2, 0.25) is 0 Å². The third-order valence-electron chi connectivity index (χ3n) is 4.31. The number of benzene rings is 1. The maximum absolute atomic E-state index is 12.4. The van der Waals surface area contributed by atoms with Gasteiger partial charge in [0, 0.05) is 25.0 Å². The van der Waals surface area contributed by atoms with Crippen molar-refractivity contribution in [3.05, 3.63) is 41.1 Å². The number of hydrogen-bond donors (Lipinski definition) is 1. The molecule has 1 fully saturated rings. The fourth-order valence-corrected chi connectivity index (χ4v) is 2.51. The Morgan fingerprint density at radius 1 is 1.32 bits per heavy atom. The molecular weight excluding hydrogens is 274 g/mol. The van der Waals surface area contributed by atoms with Crippen molar-refractivity contribution >= 4 is 11.6 Å². The quantitative estimate of drug-likeness (QED) is 0.687. The van der Waals surface area contributed by atoms with Crippen LogP contribution in [0.5, 0.6) is 0 Å². The van der Waals surface area contributed by atoms with Gasteiger partial charge in [-0.05, 0) is 55.9 Å². The number of likely N-dealkylation sites (tertiary alicyclic amines) is 1. The molecule has 1 heterocycles. The van der Waals surface area contributed by atoms with Crippen LogP contribution in [0.1, 0.15) is 30.9 Å². The summed E-state index contributed by atoms with van der Waals surface area (Å²) in [4.78, 5) is 14.1. The average Bonchev–Trinajstić information content (AvgIpc) is 2.52. The largest absolute Gasteiger partial charge is 0.360 e. The lowest BCUT2D eigenvalue weighted by molar-refractivity contribution is -0.128. The van der Waals surface area contributed by atoms with E-state index in [1.54, 1.807) is 4.90 Å². The molecule has 2 rings (SSSR count). The highest BCUT2D eigenvalue weighted by Crippen LogP contribution is 2.18. The molecule has 4 heteroatoms. The lowest BCUT2D eigenvalue weighted by Gasteiger charge is -2.30. The highest BCUT2D eigenvalue weighted by Gasteiger charge is 2.22. The van der Waals surface area contributed by atoms with Crippen LogP contribution in [-0.4, -0.2) is 23.9 Å². The lowest BCUT2D eigenvalue weighted by atomic mass is 9.99. The van der Waals surface area contributed by atoms with Crippen molar-refractivity contribution in [2.75, 3.05) is 18.4 Å². The molecule has 0 spiro atoms. The lowest BCUT2D eigenvalue weighted by Crippen LogP contribution is -2.38. The van der Waals surface area contributed by atoms with Gasteiger partial charge in [0.25, 0.3) is 5.91 Å². The standard InChI is InChI=1S/C18H23N3O/c1-13-6-8-21(9-7-13)18(22)16(11-19)12-20-17-5-4-14(2)15(3)10-17/h4-5,10,12-13,20H,6-9H2,1-3H3/b16-12-. The highest BCUT2D eigenvalue weighted by molar-refractivity contribution is 5.97. The van der Waals surface area contributed by atoms with Gasteiger partial charge in [0.05, 0.1) is 0 Å². The molecule has 4 nitrogen and oxygen atoms in total. The molecule has 0 radical (unpaired) electrons. The molecule has 0 aliphatic carbocycles. The zero-order valence-electron chi connectivity index (χ0n) is 13.5. The average molecular weight is 297 g/mol. The van der Waals surface area contributed by atoms with Crippen LogP contribution in [0.4, 0.5) is 5.69 Å². The number of carbonyl (C=O) groups excluding carboxylic acids is 1. The molecule has 1 aromatic rings. The summed E-state index contributed by atoms with van der Waals surface area (Å²) in [7, 11) is 0. The van der Waals surface area contributed by atoms with Gasteiger partial charge in [-0.15, -0.1) is 0 Å². The minimum atomic E-state index is -0.175. The monoisotopic (exact) mass is 297 g/mol. The fourth-order valence-electron chi connectivity index (χ4n) is 2.51. The Morgan fingerprint density at radius 3 is 2.59 bits per heavy atom. The van der Waals surface area contributed by atoms with Crippen LogP contribution in [-0.2, 0) is 4.79 Å². The predicted octanol–water partition coefficient (Wildman–Crippen LogP) is 3.38. The summed E-state index contributed by atoms with van der Waals surface area (Å²) in [6, 6.07) is 7.99. The van der Waals surface area contributed by atoms with Gasteiger partial charge in [-0.2, -0.15) is 5.26 Å². The van der Waals surface area contributed by atoms with E-state index >= 15 is 0 Å². The molecular formula is C18H23N3O. The number of piperidine rings is 1. The number of hydrogen-bond acceptors (Lipinski definition) is 3. The number of amides is 1. The number of rotatable bonds is 3. The van der Waals surface area contributed by atoms with E-state index in [-0.39, 0.29) is 11.5 Å². The van der Waals surface area contributed by atoms with E-state index in [4.69, 9.17) is 0 Å². The van der Waals surface area contributed by atoms with E-state index in [0.717, 1.165) is 31.6 Å². The molecule has 0 bridgehead atoms. The second-order valence-electron chi connectivity index (χ2n) is 6.09. The number of nitrogens with one attached hydrogen (secondary N) is 1. The van der Waals surface area contributed by atoms with E-state index in [1.165, 1.54) is 17.3 Å². The Labute approximate surface area is 132 Å². The van der Waals surface area contributed by atoms with Crippen LogP contribution >= 0.6 is 0 Å². The van der Waals surface area contributed by atoms with Crippen LogP contribution < -0.4 is 5.32 Å². The predicted molar refractivity (Wildman–Crippen MR) is 88.2 cm³/mol. The normalized spacial score (nSPS) is 16.3. The topological polar surface area (TPSA) is 56.1 Å². The van der Waals surface area contributed by atoms with Crippen molar-refractivity contribution in [1.29, 1.82) is 5.26 Å². The molecule has 1 aliphatic rings. The molecule has 0 saturated carbocycles. The summed E-state index contributed by atoms with van der Waals surface area (Å²) in [6.45, 7) is 7.77. The second kappa shape index (κ2) is 7.13. The summed E-state index contributed by atoms with van der Waals surface area (Å²) in [5.41, 5.74) is 3.44. The smallest absolute Gasteiger partial charge is 0.266 e. The third-order valence-corrected chi connectivity index (χ3v) is 4.31. The van der Waals surface area contributed by atoms with E-state index < -0.39 is 0 Å². The molecule has 1 aliphatic heterocycles. The second-order valence-corrected chi connectivity index (χ2v) is 6.09. The SMILES string of the molecule is Cc1ccc(N/C=C(/C#N)C(=O)N2CCC(C)CC2)cc1C. The Balaban J connectivity index is 2.05. The molecule has 1 N–H and O–H groups in total. The van der Waals surface area contributed by atoms with Crippen LogP contribution in [0, 0.1) is 31.1 Å². The first-order chi connectivity index (χ1) is 10.5. The number of anilines is 1. The van der Waals surface area contributed by atoms with Crippen molar-refractivity contribution in [3.63, 3.8) is 0 Å². The highest BCUT2D eigenvalue weighted by atomic mass is 16.2. The first kappa shape index (κ1) is 16.1. The zero-order chi connectivity index (χ0) is 16.1. The van der Waals surface area contributed by atoms with Gasteiger partial charge in [-0.3, -0.25) is 4.79 Å². The first-order valence-corrected chi connectivity index (χ1v) is 7.74. The summed E-state index contributed by atoms with van der Waals surface area (Å²) in [5.74, 6) is 0.484. The molecule has 0 atom stereocenters. The van der Waals surface area contributed by atoms with Gasteiger partial charge < -0.3 is 10.2 Å². The number of nitrogens with zero attached hydrogens (tertiary/aromatic N) is 2. The van der Waals surface area contributed by atoms with E-state index in [9.17, 15) is 10.1 Å². The Morgan fingerprint density at radius 2 is 2.00 bits per heavy atom. The maximum atomic E-state index is 12.4. The zero-order valence-corrected chi connectivity index (χ0v) is 13.5. The number of aryl methyl sites for hydroxylation is 2. The third kappa shape index (κ3) is 3.88. The van der Waals surface area contributed by atoms with Crippen LogP contribution in [0.25, 0.3) is 0 Å². The first-order valence-electron chi connectivity index (χ1n) is 7.74. The van der Waals surface area contributed by atoms with Crippen LogP contribution in [0.15, 0.2) is 30.0 Å². The molecule has 116 valence electrons. The molecule has 22 heavy (non-hydrogen) atoms. The Bertz CT molecular complexity index is 620. The van der Waals surface area contributed by atoms with E-state index in [1.807, 2.05) is 31.2 Å². The summed E-state index contributed by atoms with van der Waals surface area (Å²) < 4.78 is 0. The minimum Gasteiger partial charge on any atom is -0.360 e.